The maximum atomic E-state index is 13.6. The largest absolute Gasteiger partial charge is 0.352 e. The molecule has 7 nitrogen and oxygen atoms in total. The van der Waals surface area contributed by atoms with Crippen LogP contribution >= 0.6 is 23.2 Å². The van der Waals surface area contributed by atoms with Gasteiger partial charge in [-0.3, -0.25) is 13.9 Å². The summed E-state index contributed by atoms with van der Waals surface area (Å²) in [5.41, 5.74) is 3.03. The zero-order valence-corrected chi connectivity index (χ0v) is 25.4. The number of anilines is 1. The number of hydrogen-bond donors (Lipinski definition) is 1. The van der Waals surface area contributed by atoms with Gasteiger partial charge in [-0.2, -0.15) is 0 Å². The predicted molar refractivity (Wildman–Crippen MR) is 156 cm³/mol. The first-order chi connectivity index (χ1) is 17.8. The summed E-state index contributed by atoms with van der Waals surface area (Å²) in [6.07, 6.45) is 2.63. The Labute approximate surface area is 237 Å². The Bertz CT molecular complexity index is 1200. The fraction of sp³-hybridized carbons (Fsp3) is 0.500. The van der Waals surface area contributed by atoms with E-state index >= 15 is 0 Å². The average Bonchev–Trinajstić information content (AvgIpc) is 2.81. The number of carbonyl (C=O) groups is 2. The molecule has 10 heteroatoms. The second-order valence-electron chi connectivity index (χ2n) is 9.75. The molecule has 2 aromatic carbocycles. The molecular weight excluding hydrogens is 545 g/mol. The summed E-state index contributed by atoms with van der Waals surface area (Å²) in [6.45, 7) is 9.75. The predicted octanol–water partition coefficient (Wildman–Crippen LogP) is 5.88. The van der Waals surface area contributed by atoms with Gasteiger partial charge >= 0.3 is 0 Å². The first kappa shape index (κ1) is 31.9. The second kappa shape index (κ2) is 14.2. The van der Waals surface area contributed by atoms with Crippen molar-refractivity contribution in [3.05, 3.63) is 63.1 Å². The minimum absolute atomic E-state index is 0.0430. The van der Waals surface area contributed by atoms with Crippen molar-refractivity contribution >= 4 is 50.7 Å². The summed E-state index contributed by atoms with van der Waals surface area (Å²) in [6, 6.07) is 9.94. The number of benzene rings is 2. The molecule has 0 aliphatic carbocycles. The standard InChI is InChI=1S/C28H39Cl2N3O4S/c1-7-21(5)31-28(35)26(8-2)32(18-23-24(29)11-9-12-25(23)30)27(34)13-10-14-33(38(6,36)37)22-16-19(3)15-20(4)17-22/h9,11-12,15-17,21,26H,7-8,10,13-14,18H2,1-6H3,(H,31,35). The fourth-order valence-electron chi connectivity index (χ4n) is 4.31. The maximum absolute atomic E-state index is 13.6. The number of nitrogens with zero attached hydrogens (tertiary/aromatic N) is 2. The summed E-state index contributed by atoms with van der Waals surface area (Å²) in [4.78, 5) is 28.3. The van der Waals surface area contributed by atoms with E-state index in [9.17, 15) is 18.0 Å². The van der Waals surface area contributed by atoms with E-state index in [0.29, 0.717) is 27.7 Å². The summed E-state index contributed by atoms with van der Waals surface area (Å²) in [7, 11) is -3.57. The first-order valence-electron chi connectivity index (χ1n) is 12.9. The molecule has 1 N–H and O–H groups in total. The molecule has 210 valence electrons. The molecule has 0 aromatic heterocycles. The van der Waals surface area contributed by atoms with Crippen LogP contribution in [0.4, 0.5) is 5.69 Å². The van der Waals surface area contributed by atoms with Gasteiger partial charge in [0, 0.05) is 41.2 Å². The molecule has 2 aromatic rings. The summed E-state index contributed by atoms with van der Waals surface area (Å²) in [5.74, 6) is -0.521. The Balaban J connectivity index is 2.31. The number of sulfonamides is 1. The maximum Gasteiger partial charge on any atom is 0.243 e. The van der Waals surface area contributed by atoms with Crippen LogP contribution in [0.1, 0.15) is 63.1 Å². The van der Waals surface area contributed by atoms with Gasteiger partial charge in [-0.25, -0.2) is 8.42 Å². The molecule has 0 fully saturated rings. The summed E-state index contributed by atoms with van der Waals surface area (Å²) >= 11 is 12.8. The van der Waals surface area contributed by atoms with Crippen LogP contribution in [0.2, 0.25) is 10.0 Å². The number of rotatable bonds is 13. The van der Waals surface area contributed by atoms with Crippen molar-refractivity contribution in [3.63, 3.8) is 0 Å². The van der Waals surface area contributed by atoms with E-state index in [1.807, 2.05) is 52.8 Å². The molecule has 0 aliphatic heterocycles. The third-order valence-corrected chi connectivity index (χ3v) is 8.33. The minimum atomic E-state index is -3.57. The van der Waals surface area contributed by atoms with Gasteiger partial charge in [0.1, 0.15) is 6.04 Å². The van der Waals surface area contributed by atoms with Crippen molar-refractivity contribution in [2.45, 2.75) is 78.9 Å². The highest BCUT2D eigenvalue weighted by atomic mass is 35.5. The Kier molecular flexibility index (Phi) is 11.9. The molecule has 2 rings (SSSR count). The van der Waals surface area contributed by atoms with Crippen molar-refractivity contribution < 1.29 is 18.0 Å². The smallest absolute Gasteiger partial charge is 0.243 e. The van der Waals surface area contributed by atoms with Crippen LogP contribution in [0.3, 0.4) is 0 Å². The number of hydrogen-bond acceptors (Lipinski definition) is 4. The molecule has 0 radical (unpaired) electrons. The monoisotopic (exact) mass is 583 g/mol. The quantitative estimate of drug-likeness (QED) is 0.319. The first-order valence-corrected chi connectivity index (χ1v) is 15.5. The number of halogens is 2. The lowest BCUT2D eigenvalue weighted by molar-refractivity contribution is -0.141. The van der Waals surface area contributed by atoms with Crippen LogP contribution in [-0.4, -0.2) is 50.0 Å². The van der Waals surface area contributed by atoms with E-state index in [1.54, 1.807) is 18.2 Å². The lowest BCUT2D eigenvalue weighted by Gasteiger charge is -2.32. The van der Waals surface area contributed by atoms with Crippen molar-refractivity contribution in [2.24, 2.45) is 0 Å². The van der Waals surface area contributed by atoms with Gasteiger partial charge in [0.25, 0.3) is 0 Å². The Morgan fingerprint density at radius 1 is 1.00 bits per heavy atom. The lowest BCUT2D eigenvalue weighted by Crippen LogP contribution is -2.50. The van der Waals surface area contributed by atoms with Crippen LogP contribution in [0, 0.1) is 13.8 Å². The number of aryl methyl sites for hydroxylation is 2. The molecule has 2 amide bonds. The third-order valence-electron chi connectivity index (χ3n) is 6.42. The molecule has 2 atom stereocenters. The number of nitrogens with one attached hydrogen (secondary N) is 1. The van der Waals surface area contributed by atoms with E-state index in [2.05, 4.69) is 5.32 Å². The second-order valence-corrected chi connectivity index (χ2v) is 12.5. The van der Waals surface area contributed by atoms with Crippen molar-refractivity contribution in [3.8, 4) is 0 Å². The SMILES string of the molecule is CCC(C)NC(=O)C(CC)N(Cc1c(Cl)cccc1Cl)C(=O)CCCN(c1cc(C)cc(C)c1)S(C)(=O)=O. The number of amides is 2. The normalized spacial score (nSPS) is 13.1. The highest BCUT2D eigenvalue weighted by Crippen LogP contribution is 2.28. The van der Waals surface area contributed by atoms with Crippen molar-refractivity contribution in [1.29, 1.82) is 0 Å². The van der Waals surface area contributed by atoms with Gasteiger partial charge in [-0.15, -0.1) is 0 Å². The van der Waals surface area contributed by atoms with Crippen molar-refractivity contribution in [1.82, 2.24) is 10.2 Å². The highest BCUT2D eigenvalue weighted by Gasteiger charge is 2.30. The molecule has 0 heterocycles. The Hall–Kier alpha value is -2.29. The molecular formula is C28H39Cl2N3O4S. The van der Waals surface area contributed by atoms with Crippen LogP contribution in [0.15, 0.2) is 36.4 Å². The molecule has 38 heavy (non-hydrogen) atoms. The zero-order chi connectivity index (χ0) is 28.6. The molecule has 0 saturated heterocycles. The van der Waals surface area contributed by atoms with Gasteiger partial charge in [0.05, 0.1) is 11.9 Å². The van der Waals surface area contributed by atoms with E-state index < -0.39 is 16.1 Å². The van der Waals surface area contributed by atoms with E-state index in [1.165, 1.54) is 9.21 Å². The van der Waals surface area contributed by atoms with E-state index in [4.69, 9.17) is 23.2 Å². The lowest BCUT2D eigenvalue weighted by atomic mass is 10.1. The van der Waals surface area contributed by atoms with Gasteiger partial charge in [-0.05, 0) is 75.4 Å². The molecule has 2 unspecified atom stereocenters. The van der Waals surface area contributed by atoms with Crippen molar-refractivity contribution in [2.75, 3.05) is 17.1 Å². The number of carbonyl (C=O) groups excluding carboxylic acids is 2. The van der Waals surface area contributed by atoms with Crippen LogP contribution in [0.25, 0.3) is 0 Å². The van der Waals surface area contributed by atoms with E-state index in [-0.39, 0.29) is 43.8 Å². The molecule has 0 aliphatic rings. The topological polar surface area (TPSA) is 86.8 Å². The van der Waals surface area contributed by atoms with Crippen LogP contribution in [0.5, 0.6) is 0 Å². The highest BCUT2D eigenvalue weighted by molar-refractivity contribution is 7.92. The van der Waals surface area contributed by atoms with Crippen LogP contribution in [-0.2, 0) is 26.2 Å². The van der Waals surface area contributed by atoms with Gasteiger partial charge < -0.3 is 10.2 Å². The van der Waals surface area contributed by atoms with Gasteiger partial charge in [0.15, 0.2) is 0 Å². The summed E-state index contributed by atoms with van der Waals surface area (Å²) < 4.78 is 26.5. The molecule has 0 spiro atoms. The Morgan fingerprint density at radius 3 is 2.08 bits per heavy atom. The van der Waals surface area contributed by atoms with E-state index in [0.717, 1.165) is 23.8 Å². The van der Waals surface area contributed by atoms with Gasteiger partial charge in [0.2, 0.25) is 21.8 Å². The average molecular weight is 585 g/mol. The third kappa shape index (κ3) is 8.89. The van der Waals surface area contributed by atoms with Crippen LogP contribution < -0.4 is 9.62 Å². The zero-order valence-electron chi connectivity index (χ0n) is 23.1. The fourth-order valence-corrected chi connectivity index (χ4v) is 5.78. The minimum Gasteiger partial charge on any atom is -0.352 e. The Morgan fingerprint density at radius 2 is 1.58 bits per heavy atom. The summed E-state index contributed by atoms with van der Waals surface area (Å²) in [5, 5.41) is 3.79. The molecule has 0 bridgehead atoms. The molecule has 0 saturated carbocycles. The van der Waals surface area contributed by atoms with Gasteiger partial charge in [-0.1, -0.05) is 49.2 Å².